The fourth-order valence-electron chi connectivity index (χ4n) is 5.01. The summed E-state index contributed by atoms with van der Waals surface area (Å²) in [4.78, 5) is 0. The Morgan fingerprint density at radius 2 is 0.848 bits per heavy atom. The summed E-state index contributed by atoms with van der Waals surface area (Å²) in [6, 6.07) is 39.4. The summed E-state index contributed by atoms with van der Waals surface area (Å²) >= 11 is 0. The lowest BCUT2D eigenvalue weighted by Crippen LogP contribution is -2.31. The Morgan fingerprint density at radius 3 is 1.45 bits per heavy atom. The Hall–Kier alpha value is -3.92. The van der Waals surface area contributed by atoms with E-state index >= 15 is 0 Å². The van der Waals surface area contributed by atoms with Crippen LogP contribution in [0, 0.1) is 0 Å². The second-order valence-electron chi connectivity index (χ2n) is 8.36. The zero-order valence-electron chi connectivity index (χ0n) is 17.9. The summed E-state index contributed by atoms with van der Waals surface area (Å²) in [6.45, 7) is 0. The Balaban J connectivity index is 1.66. The lowest BCUT2D eigenvalue weighted by atomic mass is 9.74. The predicted molar refractivity (Wildman–Crippen MR) is 140 cm³/mol. The molecule has 0 fully saturated rings. The van der Waals surface area contributed by atoms with Gasteiger partial charge in [-0.3, -0.25) is 0 Å². The maximum Gasteiger partial charge on any atom is 0.489 e. The van der Waals surface area contributed by atoms with Crippen molar-refractivity contribution in [2.75, 3.05) is 0 Å². The van der Waals surface area contributed by atoms with Crippen LogP contribution >= 0.6 is 0 Å². The van der Waals surface area contributed by atoms with Crippen LogP contribution in [0.4, 0.5) is 0 Å². The zero-order valence-corrected chi connectivity index (χ0v) is 17.9. The van der Waals surface area contributed by atoms with Gasteiger partial charge in [0.15, 0.2) is 0 Å². The highest BCUT2D eigenvalue weighted by atomic mass is 16.4. The number of benzene rings is 6. The largest absolute Gasteiger partial charge is 0.489 e. The molecule has 0 heterocycles. The van der Waals surface area contributed by atoms with Crippen molar-refractivity contribution in [2.24, 2.45) is 0 Å². The van der Waals surface area contributed by atoms with Crippen molar-refractivity contribution < 1.29 is 10.0 Å². The molecule has 156 valence electrons. The lowest BCUT2D eigenvalue weighted by molar-refractivity contribution is 0.426. The molecule has 0 aliphatic carbocycles. The topological polar surface area (TPSA) is 40.5 Å². The van der Waals surface area contributed by atoms with Gasteiger partial charge in [0.05, 0.1) is 0 Å². The summed E-state index contributed by atoms with van der Waals surface area (Å²) in [5.41, 5.74) is 4.46. The van der Waals surface area contributed by atoms with Crippen LogP contribution in [0.3, 0.4) is 0 Å². The summed E-state index contributed by atoms with van der Waals surface area (Å²) in [5.74, 6) is 0. The van der Waals surface area contributed by atoms with Crippen molar-refractivity contribution in [3.63, 3.8) is 0 Å². The maximum absolute atomic E-state index is 9.94. The van der Waals surface area contributed by atoms with Crippen molar-refractivity contribution in [2.45, 2.75) is 0 Å². The minimum absolute atomic E-state index is 0.502. The molecule has 0 saturated heterocycles. The monoisotopic (exact) mass is 424 g/mol. The summed E-state index contributed by atoms with van der Waals surface area (Å²) in [7, 11) is -1.53. The molecule has 6 aromatic carbocycles. The highest BCUT2D eigenvalue weighted by molar-refractivity contribution is 6.60. The number of hydrogen-bond acceptors (Lipinski definition) is 2. The molecule has 0 aliphatic heterocycles. The van der Waals surface area contributed by atoms with Crippen LogP contribution in [-0.2, 0) is 0 Å². The van der Waals surface area contributed by atoms with Crippen molar-refractivity contribution >= 4 is 44.9 Å². The molecular formula is C30H21BO2. The van der Waals surface area contributed by atoms with Crippen LogP contribution in [0.1, 0.15) is 0 Å². The molecule has 0 saturated carbocycles. The fourth-order valence-corrected chi connectivity index (χ4v) is 5.01. The second kappa shape index (κ2) is 7.89. The van der Waals surface area contributed by atoms with Gasteiger partial charge in [-0.1, -0.05) is 109 Å². The van der Waals surface area contributed by atoms with Gasteiger partial charge in [0.25, 0.3) is 0 Å². The van der Waals surface area contributed by atoms with Crippen LogP contribution in [0.5, 0.6) is 0 Å². The third kappa shape index (κ3) is 3.22. The first-order chi connectivity index (χ1) is 16.2. The fraction of sp³-hybridized carbons (Fsp3) is 0. The Bertz CT molecular complexity index is 1620. The molecule has 0 radical (unpaired) electrons. The molecule has 2 nitrogen and oxygen atoms in total. The smallest absolute Gasteiger partial charge is 0.423 e. The van der Waals surface area contributed by atoms with E-state index in [0.29, 0.717) is 5.46 Å². The molecule has 2 N–H and O–H groups in total. The third-order valence-electron chi connectivity index (χ3n) is 6.51. The number of hydrogen-bond donors (Lipinski definition) is 2. The average Bonchev–Trinajstić information content (AvgIpc) is 2.88. The SMILES string of the molecule is OB(O)c1ccccc1-c1ccccc1-c1ccc2c3ccccc3c3ccccc3c2c1. The van der Waals surface area contributed by atoms with Crippen LogP contribution in [0.25, 0.3) is 54.6 Å². The van der Waals surface area contributed by atoms with Crippen LogP contribution in [0.2, 0.25) is 0 Å². The van der Waals surface area contributed by atoms with Gasteiger partial charge in [0, 0.05) is 0 Å². The molecule has 0 spiro atoms. The van der Waals surface area contributed by atoms with Gasteiger partial charge in [-0.15, -0.1) is 0 Å². The molecule has 0 aliphatic rings. The van der Waals surface area contributed by atoms with Crippen molar-refractivity contribution in [3.8, 4) is 22.3 Å². The van der Waals surface area contributed by atoms with Gasteiger partial charge in [-0.2, -0.15) is 0 Å². The van der Waals surface area contributed by atoms with E-state index in [2.05, 4.69) is 72.8 Å². The van der Waals surface area contributed by atoms with Crippen LogP contribution < -0.4 is 5.46 Å². The molecule has 0 amide bonds. The van der Waals surface area contributed by atoms with Crippen LogP contribution in [-0.4, -0.2) is 17.2 Å². The molecule has 0 bridgehead atoms. The molecule has 6 rings (SSSR count). The molecular weight excluding hydrogens is 403 g/mol. The van der Waals surface area contributed by atoms with E-state index in [1.54, 1.807) is 6.07 Å². The van der Waals surface area contributed by atoms with E-state index in [-0.39, 0.29) is 0 Å². The van der Waals surface area contributed by atoms with E-state index in [0.717, 1.165) is 22.3 Å². The summed E-state index contributed by atoms with van der Waals surface area (Å²) in [6.07, 6.45) is 0. The van der Waals surface area contributed by atoms with Gasteiger partial charge in [-0.05, 0) is 66.1 Å². The first-order valence-corrected chi connectivity index (χ1v) is 11.1. The van der Waals surface area contributed by atoms with Crippen molar-refractivity contribution in [3.05, 3.63) is 115 Å². The Morgan fingerprint density at radius 1 is 0.394 bits per heavy atom. The second-order valence-corrected chi connectivity index (χ2v) is 8.36. The Labute approximate surface area is 192 Å². The standard InChI is InChI=1S/C30H21BO2/c32-31(33)30-16-8-7-15-28(30)22-10-2-1-9-21(22)20-17-18-27-25-13-4-3-11-23(25)24-12-5-6-14-26(24)29(27)19-20/h1-19,32-33H. The predicted octanol–water partition coefficient (Wildman–Crippen LogP) is 6.16. The summed E-state index contributed by atoms with van der Waals surface area (Å²) in [5, 5.41) is 27.3. The Kier molecular flexibility index (Phi) is 4.72. The normalized spacial score (nSPS) is 11.3. The van der Waals surface area contributed by atoms with Gasteiger partial charge in [-0.25, -0.2) is 0 Å². The minimum atomic E-state index is -1.53. The molecule has 3 heteroatoms. The third-order valence-corrected chi connectivity index (χ3v) is 6.51. The van der Waals surface area contributed by atoms with Gasteiger partial charge >= 0.3 is 7.12 Å². The van der Waals surface area contributed by atoms with E-state index in [4.69, 9.17) is 0 Å². The summed E-state index contributed by atoms with van der Waals surface area (Å²) < 4.78 is 0. The molecule has 6 aromatic rings. The van der Waals surface area contributed by atoms with E-state index in [1.165, 1.54) is 32.3 Å². The van der Waals surface area contributed by atoms with E-state index in [1.807, 2.05) is 36.4 Å². The average molecular weight is 424 g/mol. The van der Waals surface area contributed by atoms with Crippen molar-refractivity contribution in [1.29, 1.82) is 0 Å². The highest BCUT2D eigenvalue weighted by Crippen LogP contribution is 2.38. The molecule has 0 aromatic heterocycles. The minimum Gasteiger partial charge on any atom is -0.423 e. The lowest BCUT2D eigenvalue weighted by Gasteiger charge is -2.16. The quantitative estimate of drug-likeness (QED) is 0.264. The number of fused-ring (bicyclic) bond motifs is 6. The van der Waals surface area contributed by atoms with Gasteiger partial charge in [0.2, 0.25) is 0 Å². The zero-order chi connectivity index (χ0) is 22.4. The highest BCUT2D eigenvalue weighted by Gasteiger charge is 2.19. The van der Waals surface area contributed by atoms with Gasteiger partial charge < -0.3 is 10.0 Å². The van der Waals surface area contributed by atoms with E-state index < -0.39 is 7.12 Å². The van der Waals surface area contributed by atoms with Gasteiger partial charge in [0.1, 0.15) is 0 Å². The number of rotatable bonds is 3. The molecule has 0 atom stereocenters. The van der Waals surface area contributed by atoms with E-state index in [9.17, 15) is 10.0 Å². The molecule has 0 unspecified atom stereocenters. The first-order valence-electron chi connectivity index (χ1n) is 11.1. The van der Waals surface area contributed by atoms with Crippen molar-refractivity contribution in [1.82, 2.24) is 0 Å². The first kappa shape index (κ1) is 19.7. The molecule has 33 heavy (non-hydrogen) atoms. The maximum atomic E-state index is 9.94. The van der Waals surface area contributed by atoms with Crippen LogP contribution in [0.15, 0.2) is 115 Å².